The Kier molecular flexibility index (Phi) is 5.99. The van der Waals surface area contributed by atoms with Crippen molar-refractivity contribution in [2.75, 3.05) is 5.32 Å². The lowest BCUT2D eigenvalue weighted by Gasteiger charge is -2.14. The number of nitrogens with zero attached hydrogens (tertiary/aromatic N) is 6. The molecule has 0 aliphatic carbocycles. The molecule has 0 amide bonds. The van der Waals surface area contributed by atoms with Gasteiger partial charge in [-0.1, -0.05) is 57.2 Å². The molecule has 37 heavy (non-hydrogen) atoms. The Morgan fingerprint density at radius 2 is 1.76 bits per heavy atom. The molecule has 2 aromatic carbocycles. The van der Waals surface area contributed by atoms with Crippen molar-refractivity contribution in [2.45, 2.75) is 46.6 Å². The first kappa shape index (κ1) is 24.2. The van der Waals surface area contributed by atoms with Gasteiger partial charge in [0.05, 0.1) is 21.7 Å². The van der Waals surface area contributed by atoms with E-state index in [4.69, 9.17) is 5.10 Å². The Morgan fingerprint density at radius 3 is 2.46 bits per heavy atom. The van der Waals surface area contributed by atoms with Crippen LogP contribution in [0.1, 0.15) is 43.3 Å². The minimum Gasteiger partial charge on any atom is -0.325 e. The van der Waals surface area contributed by atoms with E-state index < -0.39 is 4.92 Å². The molecule has 0 bridgehead atoms. The molecular weight excluding hydrogens is 466 g/mol. The normalized spacial score (nSPS) is 11.7. The number of hydrogen-bond acceptors (Lipinski definition) is 6. The highest BCUT2D eigenvalue weighted by Gasteiger charge is 2.23. The summed E-state index contributed by atoms with van der Waals surface area (Å²) in [6.45, 7) is 11.1. The van der Waals surface area contributed by atoms with E-state index in [9.17, 15) is 10.1 Å². The molecule has 0 unspecified atom stereocenters. The van der Waals surface area contributed by atoms with E-state index in [1.807, 2.05) is 24.3 Å². The standard InChI is InChI=1S/C28H29N7O2/c1-18-19(2)33(16-20-10-7-6-8-11-20)27-25(18)26(29-17-30-27)31-24-15-23(28(3,4)5)32-34(24)21-12-9-13-22(14-21)35(36)37/h6-15,17H,16H2,1-5H3,(H,29,30,31). The Labute approximate surface area is 215 Å². The van der Waals surface area contributed by atoms with Gasteiger partial charge in [0.2, 0.25) is 0 Å². The molecule has 0 aliphatic heterocycles. The van der Waals surface area contributed by atoms with Crippen molar-refractivity contribution in [3.63, 3.8) is 0 Å². The predicted molar refractivity (Wildman–Crippen MR) is 145 cm³/mol. The number of aryl methyl sites for hydroxylation is 1. The van der Waals surface area contributed by atoms with Gasteiger partial charge in [-0.15, -0.1) is 0 Å². The van der Waals surface area contributed by atoms with Gasteiger partial charge in [0.1, 0.15) is 23.6 Å². The van der Waals surface area contributed by atoms with Crippen LogP contribution < -0.4 is 5.32 Å². The monoisotopic (exact) mass is 495 g/mol. The summed E-state index contributed by atoms with van der Waals surface area (Å²) in [7, 11) is 0. The number of nitrogens with one attached hydrogen (secondary N) is 1. The molecule has 0 radical (unpaired) electrons. The maximum Gasteiger partial charge on any atom is 0.271 e. The minimum atomic E-state index is -0.402. The van der Waals surface area contributed by atoms with E-state index in [-0.39, 0.29) is 11.1 Å². The molecule has 0 saturated heterocycles. The topological polar surface area (TPSA) is 104 Å². The van der Waals surface area contributed by atoms with Crippen molar-refractivity contribution in [1.82, 2.24) is 24.3 Å². The second kappa shape index (κ2) is 9.16. The summed E-state index contributed by atoms with van der Waals surface area (Å²) >= 11 is 0. The molecule has 0 fully saturated rings. The molecule has 0 saturated carbocycles. The second-order valence-electron chi connectivity index (χ2n) is 10.2. The minimum absolute atomic E-state index is 0.00476. The van der Waals surface area contributed by atoms with Crippen LogP contribution in [0.3, 0.4) is 0 Å². The van der Waals surface area contributed by atoms with Crippen LogP contribution in [-0.4, -0.2) is 29.2 Å². The van der Waals surface area contributed by atoms with Gasteiger partial charge in [0, 0.05) is 35.9 Å². The summed E-state index contributed by atoms with van der Waals surface area (Å²) in [5, 5.41) is 20.6. The van der Waals surface area contributed by atoms with Crippen molar-refractivity contribution in [3.05, 3.63) is 99.6 Å². The molecule has 188 valence electrons. The van der Waals surface area contributed by atoms with E-state index in [0.717, 1.165) is 28.0 Å². The van der Waals surface area contributed by atoms with Gasteiger partial charge in [-0.3, -0.25) is 10.1 Å². The molecule has 0 aliphatic rings. The van der Waals surface area contributed by atoms with E-state index in [0.29, 0.717) is 23.9 Å². The van der Waals surface area contributed by atoms with Crippen LogP contribution in [0.2, 0.25) is 0 Å². The van der Waals surface area contributed by atoms with E-state index in [1.54, 1.807) is 23.1 Å². The molecule has 0 spiro atoms. The quantitative estimate of drug-likeness (QED) is 0.221. The number of rotatable bonds is 6. The SMILES string of the molecule is Cc1c(C)n(Cc2ccccc2)c2ncnc(Nc3cc(C(C)(C)C)nn3-c3cccc([N+](=O)[O-])c3)c12. The Balaban J connectivity index is 1.62. The first-order valence-electron chi connectivity index (χ1n) is 12.1. The molecule has 5 aromatic rings. The van der Waals surface area contributed by atoms with Crippen LogP contribution in [0.25, 0.3) is 16.7 Å². The maximum atomic E-state index is 11.4. The van der Waals surface area contributed by atoms with Crippen LogP contribution in [0.15, 0.2) is 67.0 Å². The zero-order valence-electron chi connectivity index (χ0n) is 21.6. The summed E-state index contributed by atoms with van der Waals surface area (Å²) in [5.74, 6) is 1.32. The lowest BCUT2D eigenvalue weighted by atomic mass is 9.92. The number of nitro benzene ring substituents is 1. The second-order valence-corrected chi connectivity index (χ2v) is 10.2. The largest absolute Gasteiger partial charge is 0.325 e. The average Bonchev–Trinajstić information content (AvgIpc) is 3.41. The smallest absolute Gasteiger partial charge is 0.271 e. The molecule has 9 nitrogen and oxygen atoms in total. The number of anilines is 2. The van der Waals surface area contributed by atoms with Crippen LogP contribution in [0.5, 0.6) is 0 Å². The van der Waals surface area contributed by atoms with E-state index >= 15 is 0 Å². The van der Waals surface area contributed by atoms with Gasteiger partial charge in [0.25, 0.3) is 5.69 Å². The Hall–Kier alpha value is -4.53. The van der Waals surface area contributed by atoms with Crippen molar-refractivity contribution in [2.24, 2.45) is 0 Å². The van der Waals surface area contributed by atoms with Crippen LogP contribution in [-0.2, 0) is 12.0 Å². The van der Waals surface area contributed by atoms with Gasteiger partial charge in [-0.2, -0.15) is 5.10 Å². The van der Waals surface area contributed by atoms with E-state index in [2.05, 4.69) is 66.6 Å². The summed E-state index contributed by atoms with van der Waals surface area (Å²) in [6.07, 6.45) is 1.56. The number of benzene rings is 2. The first-order valence-corrected chi connectivity index (χ1v) is 12.1. The fourth-order valence-corrected chi connectivity index (χ4v) is 4.42. The molecule has 3 heterocycles. The Morgan fingerprint density at radius 1 is 1.00 bits per heavy atom. The summed E-state index contributed by atoms with van der Waals surface area (Å²) in [6, 6.07) is 18.7. The third-order valence-corrected chi connectivity index (χ3v) is 6.60. The zero-order chi connectivity index (χ0) is 26.3. The first-order chi connectivity index (χ1) is 17.6. The van der Waals surface area contributed by atoms with Crippen LogP contribution >= 0.6 is 0 Å². The molecule has 3 aromatic heterocycles. The number of aromatic nitrogens is 5. The van der Waals surface area contributed by atoms with Crippen molar-refractivity contribution >= 4 is 28.4 Å². The summed E-state index contributed by atoms with van der Waals surface area (Å²) < 4.78 is 3.90. The zero-order valence-corrected chi connectivity index (χ0v) is 21.6. The summed E-state index contributed by atoms with van der Waals surface area (Å²) in [5.41, 5.74) is 5.45. The lowest BCUT2D eigenvalue weighted by Crippen LogP contribution is -2.12. The molecule has 1 N–H and O–H groups in total. The van der Waals surface area contributed by atoms with Crippen molar-refractivity contribution in [3.8, 4) is 5.69 Å². The van der Waals surface area contributed by atoms with E-state index in [1.165, 1.54) is 17.7 Å². The number of non-ortho nitro benzene ring substituents is 1. The highest BCUT2D eigenvalue weighted by molar-refractivity contribution is 5.93. The highest BCUT2D eigenvalue weighted by atomic mass is 16.6. The molecule has 0 atom stereocenters. The molecule has 9 heteroatoms. The fourth-order valence-electron chi connectivity index (χ4n) is 4.42. The number of fused-ring (bicyclic) bond motifs is 1. The molecule has 5 rings (SSSR count). The Bertz CT molecular complexity index is 1610. The van der Waals surface area contributed by atoms with Gasteiger partial charge in [-0.25, -0.2) is 14.6 Å². The summed E-state index contributed by atoms with van der Waals surface area (Å²) in [4.78, 5) is 20.2. The van der Waals surface area contributed by atoms with Gasteiger partial charge < -0.3 is 9.88 Å². The predicted octanol–water partition coefficient (Wildman–Crippen LogP) is 6.23. The van der Waals surface area contributed by atoms with Gasteiger partial charge >= 0.3 is 0 Å². The van der Waals surface area contributed by atoms with Gasteiger partial charge in [-0.05, 0) is 31.0 Å². The van der Waals surface area contributed by atoms with Crippen LogP contribution in [0, 0.1) is 24.0 Å². The number of nitro groups is 1. The number of hydrogen-bond donors (Lipinski definition) is 1. The average molecular weight is 496 g/mol. The third kappa shape index (κ3) is 4.55. The highest BCUT2D eigenvalue weighted by Crippen LogP contribution is 2.33. The molecular formula is C28H29N7O2. The third-order valence-electron chi connectivity index (χ3n) is 6.60. The fraction of sp³-hybridized carbons (Fsp3) is 0.250. The van der Waals surface area contributed by atoms with Gasteiger partial charge in [0.15, 0.2) is 0 Å². The van der Waals surface area contributed by atoms with Crippen molar-refractivity contribution in [1.29, 1.82) is 0 Å². The lowest BCUT2D eigenvalue weighted by molar-refractivity contribution is -0.384. The maximum absolute atomic E-state index is 11.4. The van der Waals surface area contributed by atoms with Crippen molar-refractivity contribution < 1.29 is 4.92 Å². The van der Waals surface area contributed by atoms with Crippen LogP contribution in [0.4, 0.5) is 17.3 Å².